The van der Waals surface area contributed by atoms with E-state index >= 15 is 0 Å². The average molecular weight is 258 g/mol. The number of hydrogen-bond acceptors (Lipinski definition) is 4. The number of fused-ring (bicyclic) bond motifs is 1. The van der Waals surface area contributed by atoms with Crippen LogP contribution in [0.25, 0.3) is 0 Å². The number of amides is 1. The number of thiazole rings is 1. The van der Waals surface area contributed by atoms with E-state index in [0.29, 0.717) is 17.8 Å². The van der Waals surface area contributed by atoms with E-state index in [4.69, 9.17) is 0 Å². The normalized spacial score (nSPS) is 14.2. The van der Waals surface area contributed by atoms with Gasteiger partial charge < -0.3 is 0 Å². The van der Waals surface area contributed by atoms with Crippen molar-refractivity contribution in [3.63, 3.8) is 0 Å². The van der Waals surface area contributed by atoms with Crippen LogP contribution in [0.2, 0.25) is 0 Å². The number of rotatable bonds is 2. The van der Waals surface area contributed by atoms with Crippen LogP contribution >= 0.6 is 11.3 Å². The second kappa shape index (κ2) is 4.03. The fourth-order valence-corrected chi connectivity index (χ4v) is 2.65. The Balaban J connectivity index is 1.98. The number of Topliss-reactive ketones (excluding diaryl/α,β-unsaturated/α-hetero) is 1. The van der Waals surface area contributed by atoms with Gasteiger partial charge in [-0.15, -0.1) is 11.3 Å². The van der Waals surface area contributed by atoms with Gasteiger partial charge >= 0.3 is 0 Å². The van der Waals surface area contributed by atoms with E-state index in [1.54, 1.807) is 18.2 Å². The molecule has 4 nitrogen and oxygen atoms in total. The smallest absolute Gasteiger partial charge is 0.299 e. The lowest BCUT2D eigenvalue weighted by atomic mass is 10.1. The zero-order valence-electron chi connectivity index (χ0n) is 9.71. The van der Waals surface area contributed by atoms with Crippen molar-refractivity contribution in [2.24, 2.45) is 0 Å². The molecule has 1 aliphatic rings. The monoisotopic (exact) mass is 258 g/mol. The number of aromatic nitrogens is 1. The lowest BCUT2D eigenvalue weighted by Gasteiger charge is -2.14. The van der Waals surface area contributed by atoms with Gasteiger partial charge in [-0.25, -0.2) is 4.98 Å². The zero-order valence-corrected chi connectivity index (χ0v) is 10.5. The molecular formula is C13H10N2O2S. The SMILES string of the molecule is Cc1nc(CN2C(=O)C(=O)c3ccccc32)cs1. The van der Waals surface area contributed by atoms with Crippen molar-refractivity contribution in [1.82, 2.24) is 4.98 Å². The molecule has 1 aromatic heterocycles. The maximum absolute atomic E-state index is 11.9. The van der Waals surface area contributed by atoms with E-state index < -0.39 is 11.7 Å². The molecule has 1 aromatic carbocycles. The standard InChI is InChI=1S/C13H10N2O2S/c1-8-14-9(7-18-8)6-15-11-5-3-2-4-10(11)12(16)13(15)17/h2-5,7H,6H2,1H3. The number of nitrogens with zero attached hydrogens (tertiary/aromatic N) is 2. The largest absolute Gasteiger partial charge is 0.299 e. The first-order valence-corrected chi connectivity index (χ1v) is 6.41. The molecule has 0 saturated carbocycles. The fraction of sp³-hybridized carbons (Fsp3) is 0.154. The van der Waals surface area contributed by atoms with Crippen LogP contribution in [0.1, 0.15) is 21.1 Å². The number of para-hydroxylation sites is 1. The summed E-state index contributed by atoms with van der Waals surface area (Å²) in [5.74, 6) is -0.903. The van der Waals surface area contributed by atoms with Crippen LogP contribution in [0.4, 0.5) is 5.69 Å². The molecule has 0 bridgehead atoms. The third kappa shape index (κ3) is 1.64. The van der Waals surface area contributed by atoms with Crippen molar-refractivity contribution >= 4 is 28.7 Å². The van der Waals surface area contributed by atoms with Gasteiger partial charge in [0.2, 0.25) is 0 Å². The van der Waals surface area contributed by atoms with Crippen LogP contribution < -0.4 is 4.90 Å². The highest BCUT2D eigenvalue weighted by atomic mass is 32.1. The summed E-state index contributed by atoms with van der Waals surface area (Å²) < 4.78 is 0. The van der Waals surface area contributed by atoms with Crippen LogP contribution in [0.15, 0.2) is 29.6 Å². The molecule has 2 aromatic rings. The lowest BCUT2D eigenvalue weighted by molar-refractivity contribution is -0.114. The molecule has 0 aliphatic carbocycles. The first-order chi connectivity index (χ1) is 8.66. The molecule has 2 heterocycles. The summed E-state index contributed by atoms with van der Waals surface area (Å²) in [5.41, 5.74) is 1.97. The molecule has 0 saturated heterocycles. The summed E-state index contributed by atoms with van der Waals surface area (Å²) in [6.07, 6.45) is 0. The summed E-state index contributed by atoms with van der Waals surface area (Å²) in [7, 11) is 0. The second-order valence-corrected chi connectivity index (χ2v) is 5.16. The minimum Gasteiger partial charge on any atom is -0.299 e. The van der Waals surface area contributed by atoms with Gasteiger partial charge in [0.25, 0.3) is 11.7 Å². The number of aryl methyl sites for hydroxylation is 1. The molecule has 0 N–H and O–H groups in total. The zero-order chi connectivity index (χ0) is 12.7. The van der Waals surface area contributed by atoms with Gasteiger partial charge in [0, 0.05) is 5.38 Å². The third-order valence-electron chi connectivity index (χ3n) is 2.87. The third-order valence-corrected chi connectivity index (χ3v) is 3.69. The topological polar surface area (TPSA) is 50.3 Å². The molecule has 1 aliphatic heterocycles. The van der Waals surface area contributed by atoms with Crippen LogP contribution in [0, 0.1) is 6.92 Å². The van der Waals surface area contributed by atoms with Crippen molar-refractivity contribution in [1.29, 1.82) is 0 Å². The Morgan fingerprint density at radius 3 is 2.78 bits per heavy atom. The van der Waals surface area contributed by atoms with Gasteiger partial charge in [-0.1, -0.05) is 12.1 Å². The molecule has 0 fully saturated rings. The summed E-state index contributed by atoms with van der Waals surface area (Å²) in [4.78, 5) is 29.5. The highest BCUT2D eigenvalue weighted by molar-refractivity contribution is 7.09. The maximum Gasteiger partial charge on any atom is 0.299 e. The minimum absolute atomic E-state index is 0.353. The number of hydrogen-bond donors (Lipinski definition) is 0. The van der Waals surface area contributed by atoms with E-state index in [-0.39, 0.29) is 0 Å². The first-order valence-electron chi connectivity index (χ1n) is 5.53. The van der Waals surface area contributed by atoms with Gasteiger partial charge in [-0.2, -0.15) is 0 Å². The van der Waals surface area contributed by atoms with Gasteiger partial charge in [0.1, 0.15) is 0 Å². The minimum atomic E-state index is -0.471. The number of carbonyl (C=O) groups excluding carboxylic acids is 2. The van der Waals surface area contributed by atoms with Crippen molar-refractivity contribution in [2.75, 3.05) is 4.90 Å². The maximum atomic E-state index is 11.9. The van der Waals surface area contributed by atoms with Crippen LogP contribution in [-0.2, 0) is 11.3 Å². The van der Waals surface area contributed by atoms with E-state index in [2.05, 4.69) is 4.98 Å². The summed E-state index contributed by atoms with van der Waals surface area (Å²) >= 11 is 1.54. The Labute approximate surface area is 108 Å². The molecule has 18 heavy (non-hydrogen) atoms. The predicted octanol–water partition coefficient (Wildman–Crippen LogP) is 2.18. The van der Waals surface area contributed by atoms with E-state index in [0.717, 1.165) is 10.7 Å². The number of carbonyl (C=O) groups is 2. The van der Waals surface area contributed by atoms with E-state index in [9.17, 15) is 9.59 Å². The molecular weight excluding hydrogens is 248 g/mol. The molecule has 0 radical (unpaired) electrons. The van der Waals surface area contributed by atoms with Gasteiger partial charge in [-0.3, -0.25) is 14.5 Å². The molecule has 0 spiro atoms. The van der Waals surface area contributed by atoms with E-state index in [1.807, 2.05) is 18.4 Å². The van der Waals surface area contributed by atoms with Gasteiger partial charge in [-0.05, 0) is 19.1 Å². The molecule has 0 atom stereocenters. The Bertz CT molecular complexity index is 648. The first kappa shape index (κ1) is 11.1. The molecule has 0 unspecified atom stereocenters. The Hall–Kier alpha value is -2.01. The molecule has 3 rings (SSSR count). The number of benzene rings is 1. The summed E-state index contributed by atoms with van der Waals surface area (Å²) in [5, 5.41) is 2.87. The highest BCUT2D eigenvalue weighted by Gasteiger charge is 2.35. The Morgan fingerprint density at radius 2 is 2.06 bits per heavy atom. The van der Waals surface area contributed by atoms with Crippen molar-refractivity contribution < 1.29 is 9.59 Å². The molecule has 1 amide bonds. The van der Waals surface area contributed by atoms with Crippen LogP contribution in [0.3, 0.4) is 0 Å². The predicted molar refractivity (Wildman–Crippen MR) is 68.8 cm³/mol. The quantitative estimate of drug-likeness (QED) is 0.776. The number of anilines is 1. The number of ketones is 1. The van der Waals surface area contributed by atoms with Crippen LogP contribution in [-0.4, -0.2) is 16.7 Å². The highest BCUT2D eigenvalue weighted by Crippen LogP contribution is 2.29. The van der Waals surface area contributed by atoms with Crippen molar-refractivity contribution in [3.05, 3.63) is 45.9 Å². The Kier molecular flexibility index (Phi) is 2.48. The summed E-state index contributed by atoms with van der Waals surface area (Å²) in [6, 6.07) is 7.06. The van der Waals surface area contributed by atoms with Crippen molar-refractivity contribution in [2.45, 2.75) is 13.5 Å². The van der Waals surface area contributed by atoms with Gasteiger partial charge in [0.05, 0.1) is 28.5 Å². The molecule has 90 valence electrons. The lowest BCUT2D eigenvalue weighted by Crippen LogP contribution is -2.29. The van der Waals surface area contributed by atoms with Crippen LogP contribution in [0.5, 0.6) is 0 Å². The Morgan fingerprint density at radius 1 is 1.28 bits per heavy atom. The fourth-order valence-electron chi connectivity index (χ4n) is 2.05. The van der Waals surface area contributed by atoms with Gasteiger partial charge in [0.15, 0.2) is 0 Å². The molecule has 5 heteroatoms. The van der Waals surface area contributed by atoms with E-state index in [1.165, 1.54) is 16.2 Å². The average Bonchev–Trinajstić information content (AvgIpc) is 2.88. The van der Waals surface area contributed by atoms with Crippen molar-refractivity contribution in [3.8, 4) is 0 Å². The second-order valence-electron chi connectivity index (χ2n) is 4.10. The summed E-state index contributed by atoms with van der Waals surface area (Å²) in [6.45, 7) is 2.27.